The molecule has 2 aromatic carbocycles. The van der Waals surface area contributed by atoms with Crippen LogP contribution in [0.2, 0.25) is 0 Å². The number of amides is 3. The van der Waals surface area contributed by atoms with Crippen LogP contribution in [0.25, 0.3) is 0 Å². The summed E-state index contributed by atoms with van der Waals surface area (Å²) < 4.78 is 29.6. The van der Waals surface area contributed by atoms with Gasteiger partial charge in [0.25, 0.3) is 5.91 Å². The minimum atomic E-state index is -3.79. The second-order valence-corrected chi connectivity index (χ2v) is 9.41. The van der Waals surface area contributed by atoms with Crippen LogP contribution in [0.15, 0.2) is 54.6 Å². The van der Waals surface area contributed by atoms with Gasteiger partial charge in [-0.15, -0.1) is 0 Å². The van der Waals surface area contributed by atoms with Gasteiger partial charge in [-0.25, -0.2) is 17.9 Å². The third-order valence-corrected chi connectivity index (χ3v) is 5.55. The van der Waals surface area contributed by atoms with Gasteiger partial charge in [0.15, 0.2) is 0 Å². The maximum absolute atomic E-state index is 12.9. The Hall–Kier alpha value is -4.00. The average Bonchev–Trinajstić information content (AvgIpc) is 3.23. The van der Waals surface area contributed by atoms with Gasteiger partial charge in [-0.2, -0.15) is 0 Å². The number of nitrogens with one attached hydrogen (secondary N) is 2. The maximum atomic E-state index is 12.9. The molecule has 1 fully saturated rings. The Morgan fingerprint density at radius 3 is 2.50 bits per heavy atom. The highest BCUT2D eigenvalue weighted by Crippen LogP contribution is 2.23. The van der Waals surface area contributed by atoms with Gasteiger partial charge in [0.2, 0.25) is 22.0 Å². The number of nitrogens with zero attached hydrogens (tertiary/aromatic N) is 2. The first-order chi connectivity index (χ1) is 16.0. The van der Waals surface area contributed by atoms with Crippen molar-refractivity contribution in [2.45, 2.75) is 25.1 Å². The molecule has 1 aliphatic heterocycles. The van der Waals surface area contributed by atoms with E-state index in [-0.39, 0.29) is 30.8 Å². The average molecular weight is 490 g/mol. The van der Waals surface area contributed by atoms with E-state index >= 15 is 0 Å². The molecule has 0 aromatic heterocycles. The highest BCUT2D eigenvalue weighted by atomic mass is 32.2. The number of hydrogen-bond donors (Lipinski definition) is 2. The second kappa shape index (κ2) is 10.3. The van der Waals surface area contributed by atoms with Crippen LogP contribution in [-0.2, 0) is 26.2 Å². The number of hydrogen-bond acceptors (Lipinski definition) is 8. The zero-order chi connectivity index (χ0) is 24.9. The summed E-state index contributed by atoms with van der Waals surface area (Å²) in [7, 11) is -3.79. The first-order valence-electron chi connectivity index (χ1n) is 10.1. The molecule has 0 spiro atoms. The fourth-order valence-corrected chi connectivity index (χ4v) is 3.86. The van der Waals surface area contributed by atoms with E-state index in [0.717, 1.165) is 11.2 Å². The van der Waals surface area contributed by atoms with Crippen molar-refractivity contribution in [3.05, 3.63) is 75.8 Å². The lowest BCUT2D eigenvalue weighted by Gasteiger charge is -2.22. The minimum absolute atomic E-state index is 0.0306. The van der Waals surface area contributed by atoms with Crippen LogP contribution in [-0.4, -0.2) is 61.0 Å². The van der Waals surface area contributed by atoms with E-state index in [1.165, 1.54) is 24.3 Å². The smallest absolute Gasteiger partial charge is 0.411 e. The van der Waals surface area contributed by atoms with Crippen molar-refractivity contribution in [2.24, 2.45) is 0 Å². The molecule has 180 valence electrons. The summed E-state index contributed by atoms with van der Waals surface area (Å²) in [4.78, 5) is 49.3. The predicted octanol–water partition coefficient (Wildman–Crippen LogP) is 1.37. The maximum Gasteiger partial charge on any atom is 0.411 e. The lowest BCUT2D eigenvalue weighted by atomic mass is 10.1. The largest absolute Gasteiger partial charge is 0.445 e. The molecule has 2 atom stereocenters. The lowest BCUT2D eigenvalue weighted by Crippen LogP contribution is -2.43. The molecule has 1 aliphatic rings. The summed E-state index contributed by atoms with van der Waals surface area (Å²) in [6.07, 6.45) is -0.254. The molecule has 0 bridgehead atoms. The predicted molar refractivity (Wildman–Crippen MR) is 120 cm³/mol. The number of carbonyl (C=O) groups is 3. The third-order valence-electron chi connectivity index (χ3n) is 4.99. The van der Waals surface area contributed by atoms with Gasteiger partial charge in [-0.3, -0.25) is 24.6 Å². The van der Waals surface area contributed by atoms with E-state index < -0.39 is 44.9 Å². The monoisotopic (exact) mass is 490 g/mol. The normalized spacial score (nSPS) is 17.6. The SMILES string of the molecule is CS(=O)(=O)NC(=O)c1cccc(NC(=O)C2CC([N+](=O)[O-])CN2C(=O)OCc2ccccc2)c1. The molecular formula is C21H22N4O8S. The molecule has 0 radical (unpaired) electrons. The van der Waals surface area contributed by atoms with Crippen LogP contribution >= 0.6 is 0 Å². The van der Waals surface area contributed by atoms with Crippen molar-refractivity contribution < 1.29 is 32.5 Å². The number of sulfonamides is 1. The van der Waals surface area contributed by atoms with Gasteiger partial charge in [0.1, 0.15) is 12.6 Å². The van der Waals surface area contributed by atoms with Gasteiger partial charge in [-0.1, -0.05) is 36.4 Å². The molecule has 2 N–H and O–H groups in total. The van der Waals surface area contributed by atoms with Gasteiger partial charge in [0.05, 0.1) is 12.8 Å². The summed E-state index contributed by atoms with van der Waals surface area (Å²) in [5.41, 5.74) is 0.830. The standard InChI is InChI=1S/C21H22N4O8S/c1-34(31,32)23-19(26)15-8-5-9-16(10-15)22-20(27)18-11-17(25(29)30)12-24(18)21(28)33-13-14-6-3-2-4-7-14/h2-10,17-18H,11-13H2,1H3,(H,22,27)(H,23,26). The van der Waals surface area contributed by atoms with Crippen molar-refractivity contribution in [3.63, 3.8) is 0 Å². The van der Waals surface area contributed by atoms with E-state index in [1.807, 2.05) is 4.72 Å². The van der Waals surface area contributed by atoms with Crippen LogP contribution in [0.3, 0.4) is 0 Å². The lowest BCUT2D eigenvalue weighted by molar-refractivity contribution is -0.518. The zero-order valence-corrected chi connectivity index (χ0v) is 18.9. The third kappa shape index (κ3) is 6.51. The van der Waals surface area contributed by atoms with Crippen molar-refractivity contribution in [2.75, 3.05) is 18.1 Å². The molecule has 3 amide bonds. The summed E-state index contributed by atoms with van der Waals surface area (Å²) in [6, 6.07) is 12.0. The first-order valence-corrected chi connectivity index (χ1v) is 12.0. The summed E-state index contributed by atoms with van der Waals surface area (Å²) in [5.74, 6) is -1.60. The fourth-order valence-electron chi connectivity index (χ4n) is 3.41. The molecule has 34 heavy (non-hydrogen) atoms. The van der Waals surface area contributed by atoms with Gasteiger partial charge >= 0.3 is 6.09 Å². The number of ether oxygens (including phenoxy) is 1. The summed E-state index contributed by atoms with van der Waals surface area (Å²) >= 11 is 0. The Bertz CT molecular complexity index is 1200. The van der Waals surface area contributed by atoms with Crippen LogP contribution in [0.1, 0.15) is 22.3 Å². The summed E-state index contributed by atoms with van der Waals surface area (Å²) in [6.45, 7) is -0.360. The van der Waals surface area contributed by atoms with E-state index in [9.17, 15) is 32.9 Å². The highest BCUT2D eigenvalue weighted by Gasteiger charge is 2.46. The van der Waals surface area contributed by atoms with E-state index in [0.29, 0.717) is 5.56 Å². The van der Waals surface area contributed by atoms with Crippen molar-refractivity contribution in [3.8, 4) is 0 Å². The molecule has 2 aromatic rings. The Morgan fingerprint density at radius 2 is 1.85 bits per heavy atom. The molecule has 3 rings (SSSR count). The molecule has 12 nitrogen and oxygen atoms in total. The number of rotatable bonds is 7. The number of benzene rings is 2. The second-order valence-electron chi connectivity index (χ2n) is 7.66. The Morgan fingerprint density at radius 1 is 1.15 bits per heavy atom. The molecular weight excluding hydrogens is 468 g/mol. The van der Waals surface area contributed by atoms with E-state index in [4.69, 9.17) is 4.74 Å². The number of nitro groups is 1. The number of likely N-dealkylation sites (tertiary alicyclic amines) is 1. The Kier molecular flexibility index (Phi) is 7.46. The molecule has 0 saturated carbocycles. The highest BCUT2D eigenvalue weighted by molar-refractivity contribution is 7.89. The molecule has 2 unspecified atom stereocenters. The molecule has 13 heteroatoms. The topological polar surface area (TPSA) is 165 Å². The molecule has 1 saturated heterocycles. The van der Waals surface area contributed by atoms with E-state index in [2.05, 4.69) is 5.32 Å². The minimum Gasteiger partial charge on any atom is -0.445 e. The van der Waals surface area contributed by atoms with Crippen molar-refractivity contribution >= 4 is 33.6 Å². The number of carbonyl (C=O) groups excluding carboxylic acids is 3. The zero-order valence-electron chi connectivity index (χ0n) is 18.0. The van der Waals surface area contributed by atoms with Gasteiger partial charge < -0.3 is 10.1 Å². The molecule has 0 aliphatic carbocycles. The van der Waals surface area contributed by atoms with Crippen LogP contribution in [0.4, 0.5) is 10.5 Å². The number of anilines is 1. The fraction of sp³-hybridized carbons (Fsp3) is 0.286. The molecule has 1 heterocycles. The van der Waals surface area contributed by atoms with Crippen molar-refractivity contribution in [1.82, 2.24) is 9.62 Å². The van der Waals surface area contributed by atoms with Crippen LogP contribution in [0, 0.1) is 10.1 Å². The summed E-state index contributed by atoms with van der Waals surface area (Å²) in [5, 5.41) is 13.8. The Labute approximate surface area is 195 Å². The van der Waals surface area contributed by atoms with Gasteiger partial charge in [0, 0.05) is 22.6 Å². The van der Waals surface area contributed by atoms with Crippen LogP contribution in [0.5, 0.6) is 0 Å². The van der Waals surface area contributed by atoms with Crippen LogP contribution < -0.4 is 10.0 Å². The quantitative estimate of drug-likeness (QED) is 0.434. The van der Waals surface area contributed by atoms with E-state index in [1.54, 1.807) is 30.3 Å². The van der Waals surface area contributed by atoms with Crippen molar-refractivity contribution in [1.29, 1.82) is 0 Å². The van der Waals surface area contributed by atoms with Gasteiger partial charge in [-0.05, 0) is 23.8 Å². The Balaban J connectivity index is 1.72. The first kappa shape index (κ1) is 24.6.